The van der Waals surface area contributed by atoms with Crippen molar-refractivity contribution >= 4 is 59.7 Å². The molecule has 2 aromatic carbocycles. The molecule has 1 saturated carbocycles. The summed E-state index contributed by atoms with van der Waals surface area (Å²) in [6, 6.07) is 17.1. The first-order valence-electron chi connectivity index (χ1n) is 22.7. The van der Waals surface area contributed by atoms with E-state index < -0.39 is 20.0 Å². The highest BCUT2D eigenvalue weighted by molar-refractivity contribution is 7.90. The van der Waals surface area contributed by atoms with Crippen LogP contribution in [0.15, 0.2) is 95.2 Å². The minimum atomic E-state index is -3.83. The van der Waals surface area contributed by atoms with Gasteiger partial charge in [0.05, 0.1) is 33.2 Å². The average molecular weight is 932 g/mol. The minimum absolute atomic E-state index is 0.0168. The second kappa shape index (κ2) is 17.2. The van der Waals surface area contributed by atoms with Gasteiger partial charge in [-0.15, -0.1) is 20.4 Å². The van der Waals surface area contributed by atoms with Crippen LogP contribution in [-0.4, -0.2) is 108 Å². The maximum Gasteiger partial charge on any atom is 0.317 e. The Hall–Kier alpha value is -6.25. The molecule has 0 spiro atoms. The normalized spacial score (nSPS) is 20.2. The van der Waals surface area contributed by atoms with E-state index in [1.54, 1.807) is 79.3 Å². The van der Waals surface area contributed by atoms with Crippen molar-refractivity contribution in [1.29, 1.82) is 0 Å². The molecule has 344 valence electrons. The third-order valence-electron chi connectivity index (χ3n) is 13.6. The monoisotopic (exact) mass is 931 g/mol. The van der Waals surface area contributed by atoms with E-state index in [0.29, 0.717) is 59.2 Å². The zero-order chi connectivity index (χ0) is 45.9. The zero-order valence-electron chi connectivity index (χ0n) is 37.3. The number of carbonyl (C=O) groups is 1. The van der Waals surface area contributed by atoms with Gasteiger partial charge in [-0.25, -0.2) is 39.5 Å². The van der Waals surface area contributed by atoms with Gasteiger partial charge >= 0.3 is 6.03 Å². The van der Waals surface area contributed by atoms with Crippen LogP contribution in [0.25, 0.3) is 33.6 Å². The third kappa shape index (κ3) is 7.77. The highest BCUT2D eigenvalue weighted by Crippen LogP contribution is 2.36. The summed E-state index contributed by atoms with van der Waals surface area (Å²) in [5, 5.41) is 24.1. The van der Waals surface area contributed by atoms with Gasteiger partial charge in [0.1, 0.15) is 11.6 Å². The molecule has 3 fully saturated rings. The maximum atomic E-state index is 13.4. The molecule has 2 aliphatic heterocycles. The SMILES string of the molecule is CC[C@@H]1CN(C(=O)NCCC2CC2)C[C@@H]1c1nnc2cnc3c(ccn3S(=O)(=O)c3ccc(C)cc3)n12.CC[C@@H]1CNC[C@@H]1c1nnc2cnc3c(ccn3S(=O)(=O)c3ccc(C)cc3)n12. The number of carbonyl (C=O) groups excluding carboxylic acids is 1. The molecule has 8 aromatic rings. The molecule has 66 heavy (non-hydrogen) atoms. The Labute approximate surface area is 382 Å². The number of fused-ring (bicyclic) bond motifs is 6. The van der Waals surface area contributed by atoms with E-state index in [9.17, 15) is 21.6 Å². The van der Waals surface area contributed by atoms with Crippen LogP contribution in [0.4, 0.5) is 4.79 Å². The molecular formula is C46H53N13O5S2. The van der Waals surface area contributed by atoms with Gasteiger partial charge in [-0.3, -0.25) is 8.80 Å². The molecule has 0 unspecified atom stereocenters. The predicted octanol–water partition coefficient (Wildman–Crippen LogP) is 5.90. The molecule has 4 atom stereocenters. The van der Waals surface area contributed by atoms with Gasteiger partial charge in [-0.2, -0.15) is 0 Å². The van der Waals surface area contributed by atoms with E-state index in [2.05, 4.69) is 54.8 Å². The van der Waals surface area contributed by atoms with E-state index in [-0.39, 0.29) is 33.6 Å². The number of nitrogens with one attached hydrogen (secondary N) is 2. The third-order valence-corrected chi connectivity index (χ3v) is 16.9. The van der Waals surface area contributed by atoms with Gasteiger partial charge in [0.15, 0.2) is 22.6 Å². The number of nitrogens with zero attached hydrogens (tertiary/aromatic N) is 11. The first-order valence-corrected chi connectivity index (χ1v) is 25.6. The van der Waals surface area contributed by atoms with Crippen LogP contribution in [-0.2, 0) is 20.0 Å². The van der Waals surface area contributed by atoms with E-state index in [0.717, 1.165) is 61.0 Å². The van der Waals surface area contributed by atoms with Crippen LogP contribution in [0.2, 0.25) is 0 Å². The van der Waals surface area contributed by atoms with Crippen molar-refractivity contribution in [3.63, 3.8) is 0 Å². The van der Waals surface area contributed by atoms with Crippen molar-refractivity contribution in [2.45, 2.75) is 81.4 Å². The van der Waals surface area contributed by atoms with Crippen molar-refractivity contribution in [2.75, 3.05) is 32.7 Å². The second-order valence-electron chi connectivity index (χ2n) is 17.9. The predicted molar refractivity (Wildman–Crippen MR) is 248 cm³/mol. The summed E-state index contributed by atoms with van der Waals surface area (Å²) in [7, 11) is -7.58. The highest BCUT2D eigenvalue weighted by atomic mass is 32.2. The molecule has 8 heterocycles. The Balaban J connectivity index is 0.000000160. The van der Waals surface area contributed by atoms with Crippen LogP contribution in [0.1, 0.15) is 80.6 Å². The van der Waals surface area contributed by atoms with Gasteiger partial charge in [-0.1, -0.05) is 74.9 Å². The van der Waals surface area contributed by atoms with E-state index in [1.807, 2.05) is 27.5 Å². The number of likely N-dealkylation sites (tertiary alicyclic amines) is 1. The number of amides is 2. The Kier molecular flexibility index (Phi) is 11.4. The van der Waals surface area contributed by atoms with Gasteiger partial charge in [-0.05, 0) is 81.0 Å². The molecule has 11 rings (SSSR count). The summed E-state index contributed by atoms with van der Waals surface area (Å²) < 4.78 is 59.5. The number of hydrogen-bond donors (Lipinski definition) is 2. The topological polar surface area (TPSA) is 209 Å². The van der Waals surface area contributed by atoms with E-state index in [4.69, 9.17) is 0 Å². The first-order chi connectivity index (χ1) is 31.9. The summed E-state index contributed by atoms with van der Waals surface area (Å²) in [6.45, 7) is 11.8. The van der Waals surface area contributed by atoms with Crippen molar-refractivity contribution in [2.24, 2.45) is 17.8 Å². The van der Waals surface area contributed by atoms with Crippen LogP contribution in [0.3, 0.4) is 0 Å². The number of benzene rings is 2. The molecule has 20 heteroatoms. The maximum absolute atomic E-state index is 13.4. The van der Waals surface area contributed by atoms with Gasteiger partial charge < -0.3 is 15.5 Å². The fourth-order valence-corrected chi connectivity index (χ4v) is 12.1. The molecule has 2 amide bonds. The quantitative estimate of drug-likeness (QED) is 0.156. The Morgan fingerprint density at radius 3 is 1.68 bits per heavy atom. The minimum Gasteiger partial charge on any atom is -0.338 e. The summed E-state index contributed by atoms with van der Waals surface area (Å²) in [5.41, 5.74) is 5.17. The van der Waals surface area contributed by atoms with Gasteiger partial charge in [0.2, 0.25) is 0 Å². The fraction of sp³-hybridized carbons (Fsp3) is 0.413. The zero-order valence-corrected chi connectivity index (χ0v) is 39.0. The molecule has 0 bridgehead atoms. The van der Waals surface area contributed by atoms with Crippen LogP contribution in [0.5, 0.6) is 0 Å². The van der Waals surface area contributed by atoms with Crippen molar-refractivity contribution in [3.05, 3.63) is 108 Å². The number of rotatable bonds is 11. The van der Waals surface area contributed by atoms with Crippen molar-refractivity contribution in [1.82, 2.24) is 62.6 Å². The molecular weight excluding hydrogens is 879 g/mol. The van der Waals surface area contributed by atoms with Gasteiger partial charge in [0, 0.05) is 50.4 Å². The van der Waals surface area contributed by atoms with Crippen LogP contribution >= 0.6 is 0 Å². The van der Waals surface area contributed by atoms with Crippen LogP contribution in [0, 0.1) is 31.6 Å². The molecule has 0 radical (unpaired) electrons. The van der Waals surface area contributed by atoms with Crippen LogP contribution < -0.4 is 10.6 Å². The summed E-state index contributed by atoms with van der Waals surface area (Å²) >= 11 is 0. The highest BCUT2D eigenvalue weighted by Gasteiger charge is 2.39. The molecule has 2 N–H and O–H groups in total. The summed E-state index contributed by atoms with van der Waals surface area (Å²) in [4.78, 5) is 24.0. The molecule has 3 aliphatic rings. The number of aromatic nitrogens is 10. The number of aryl methyl sites for hydroxylation is 2. The van der Waals surface area contributed by atoms with E-state index in [1.165, 1.54) is 27.0 Å². The smallest absolute Gasteiger partial charge is 0.317 e. The van der Waals surface area contributed by atoms with Crippen molar-refractivity contribution < 1.29 is 21.6 Å². The fourth-order valence-electron chi connectivity index (χ4n) is 9.53. The lowest BCUT2D eigenvalue weighted by atomic mass is 9.93. The van der Waals surface area contributed by atoms with Crippen molar-refractivity contribution in [3.8, 4) is 0 Å². The standard InChI is InChI=1S/C26H31N7O3S.C20H22N6O2S/c1-3-19-15-31(26(34)27-12-10-18-6-7-18)16-21(19)24-30-29-23-14-28-25-22(33(23)24)11-13-32(25)37(35,36)20-8-4-17(2)5-9-20;1-3-14-10-21-11-16(14)19-24-23-18-12-22-20-17(26(18)19)8-9-25(20)29(27,28)15-6-4-13(2)5-7-15/h4-5,8-9,11,13-14,18-19,21H,3,6-7,10,12,15-16H2,1-2H3,(H,27,34);4-9,12,14,16,21H,3,10-11H2,1-2H3/t19-,21+;14-,16+/m11/s1. The molecule has 1 aliphatic carbocycles. The molecule has 18 nitrogen and oxygen atoms in total. The first kappa shape index (κ1) is 43.6. The van der Waals surface area contributed by atoms with Gasteiger partial charge in [0.25, 0.3) is 20.0 Å². The molecule has 6 aromatic heterocycles. The lowest BCUT2D eigenvalue weighted by Gasteiger charge is -2.17. The lowest BCUT2D eigenvalue weighted by Crippen LogP contribution is -2.39. The Morgan fingerprint density at radius 1 is 0.667 bits per heavy atom. The summed E-state index contributed by atoms with van der Waals surface area (Å²) in [6.07, 6.45) is 11.8. The number of urea groups is 1. The molecule has 2 saturated heterocycles. The van der Waals surface area contributed by atoms with E-state index >= 15 is 0 Å². The average Bonchev–Trinajstić information content (AvgIpc) is 3.99. The largest absolute Gasteiger partial charge is 0.338 e. The Bertz CT molecular complexity index is 3320. The lowest BCUT2D eigenvalue weighted by molar-refractivity contribution is 0.206. The second-order valence-corrected chi connectivity index (χ2v) is 21.5. The summed E-state index contributed by atoms with van der Waals surface area (Å²) in [5.74, 6) is 3.28. The Morgan fingerprint density at radius 2 is 1.18 bits per heavy atom. The number of hydrogen-bond acceptors (Lipinski definition) is 12.